The summed E-state index contributed by atoms with van der Waals surface area (Å²) in [5.74, 6) is 0.561. The molecule has 2 aromatic heterocycles. The van der Waals surface area contributed by atoms with Gasteiger partial charge in [-0.1, -0.05) is 12.1 Å². The molecular formula is C14H13N3O3S. The first-order valence-electron chi connectivity index (χ1n) is 6.37. The fraction of sp³-hybridized carbons (Fsp3) is 0.214. The average molecular weight is 303 g/mol. The van der Waals surface area contributed by atoms with Crippen molar-refractivity contribution in [3.8, 4) is 17.0 Å². The van der Waals surface area contributed by atoms with Crippen LogP contribution in [0.25, 0.3) is 16.2 Å². The number of aliphatic carboxylic acids is 1. The maximum absolute atomic E-state index is 10.7. The average Bonchev–Trinajstić information content (AvgIpc) is 3.07. The second-order valence-electron chi connectivity index (χ2n) is 4.45. The zero-order chi connectivity index (χ0) is 14.8. The van der Waals surface area contributed by atoms with E-state index in [1.54, 1.807) is 7.11 Å². The van der Waals surface area contributed by atoms with E-state index in [1.165, 1.54) is 11.3 Å². The summed E-state index contributed by atoms with van der Waals surface area (Å²) in [6.45, 7) is 0. The molecule has 7 heteroatoms. The van der Waals surface area contributed by atoms with E-state index in [4.69, 9.17) is 9.84 Å². The van der Waals surface area contributed by atoms with E-state index in [-0.39, 0.29) is 6.42 Å². The summed E-state index contributed by atoms with van der Waals surface area (Å²) in [4.78, 5) is 11.5. The van der Waals surface area contributed by atoms with Gasteiger partial charge >= 0.3 is 5.97 Å². The summed E-state index contributed by atoms with van der Waals surface area (Å²) in [7, 11) is 1.62. The Morgan fingerprint density at radius 2 is 2.19 bits per heavy atom. The second kappa shape index (κ2) is 5.53. The number of thiazole rings is 1. The van der Waals surface area contributed by atoms with Crippen molar-refractivity contribution in [3.05, 3.63) is 35.5 Å². The van der Waals surface area contributed by atoms with Gasteiger partial charge in [0.2, 0.25) is 4.96 Å². The predicted octanol–water partition coefficient (Wildman–Crippen LogP) is 2.48. The topological polar surface area (TPSA) is 76.7 Å². The highest BCUT2D eigenvalue weighted by molar-refractivity contribution is 7.15. The standard InChI is InChI=1S/C14H13N3O3S/c1-20-11-5-3-2-4-9(11)10-8-21-14-16-15-12(17(10)14)6-7-13(18)19/h2-5,8H,6-7H2,1H3,(H,18,19). The third kappa shape index (κ3) is 2.47. The summed E-state index contributed by atoms with van der Waals surface area (Å²) < 4.78 is 7.28. The van der Waals surface area contributed by atoms with E-state index in [9.17, 15) is 4.79 Å². The van der Waals surface area contributed by atoms with Gasteiger partial charge in [0.05, 0.1) is 19.2 Å². The fourth-order valence-electron chi connectivity index (χ4n) is 2.20. The molecule has 0 saturated carbocycles. The summed E-state index contributed by atoms with van der Waals surface area (Å²) in [6.07, 6.45) is 0.372. The number of hydrogen-bond donors (Lipinski definition) is 1. The summed E-state index contributed by atoms with van der Waals surface area (Å²) in [6, 6.07) is 7.69. The normalized spacial score (nSPS) is 10.9. The van der Waals surface area contributed by atoms with Crippen LogP contribution in [0.15, 0.2) is 29.6 Å². The maximum Gasteiger partial charge on any atom is 0.303 e. The lowest BCUT2D eigenvalue weighted by atomic mass is 10.1. The highest BCUT2D eigenvalue weighted by atomic mass is 32.1. The molecule has 0 amide bonds. The van der Waals surface area contributed by atoms with Crippen LogP contribution >= 0.6 is 11.3 Å². The molecule has 0 bridgehead atoms. The van der Waals surface area contributed by atoms with E-state index >= 15 is 0 Å². The third-order valence-corrected chi connectivity index (χ3v) is 3.98. The van der Waals surface area contributed by atoms with Gasteiger partial charge in [0.25, 0.3) is 0 Å². The molecule has 0 aliphatic rings. The summed E-state index contributed by atoms with van der Waals surface area (Å²) in [5, 5.41) is 19.0. The van der Waals surface area contributed by atoms with Gasteiger partial charge in [-0.2, -0.15) is 0 Å². The number of aromatic nitrogens is 3. The molecule has 108 valence electrons. The number of carbonyl (C=O) groups is 1. The Morgan fingerprint density at radius 1 is 1.38 bits per heavy atom. The molecule has 6 nitrogen and oxygen atoms in total. The Bertz CT molecular complexity index is 794. The number of fused-ring (bicyclic) bond motifs is 1. The number of para-hydroxylation sites is 1. The highest BCUT2D eigenvalue weighted by Crippen LogP contribution is 2.33. The molecule has 0 atom stereocenters. The van der Waals surface area contributed by atoms with Gasteiger partial charge in [-0.3, -0.25) is 9.20 Å². The van der Waals surface area contributed by atoms with Gasteiger partial charge in [-0.15, -0.1) is 21.5 Å². The molecule has 0 radical (unpaired) electrons. The van der Waals surface area contributed by atoms with Crippen molar-refractivity contribution in [1.82, 2.24) is 14.6 Å². The van der Waals surface area contributed by atoms with Crippen LogP contribution in [0, 0.1) is 0 Å². The minimum Gasteiger partial charge on any atom is -0.496 e. The number of nitrogens with zero attached hydrogens (tertiary/aromatic N) is 3. The minimum atomic E-state index is -0.846. The van der Waals surface area contributed by atoms with Crippen molar-refractivity contribution in [3.63, 3.8) is 0 Å². The quantitative estimate of drug-likeness (QED) is 0.783. The maximum atomic E-state index is 10.7. The van der Waals surface area contributed by atoms with Crippen molar-refractivity contribution < 1.29 is 14.6 Å². The van der Waals surface area contributed by atoms with Crippen LogP contribution in [-0.2, 0) is 11.2 Å². The van der Waals surface area contributed by atoms with Crippen LogP contribution in [0.4, 0.5) is 0 Å². The molecule has 0 aliphatic carbocycles. The largest absolute Gasteiger partial charge is 0.496 e. The Morgan fingerprint density at radius 3 is 2.95 bits per heavy atom. The molecule has 0 unspecified atom stereocenters. The zero-order valence-corrected chi connectivity index (χ0v) is 12.1. The molecule has 0 saturated heterocycles. The lowest BCUT2D eigenvalue weighted by molar-refractivity contribution is -0.137. The fourth-order valence-corrected chi connectivity index (χ4v) is 3.05. The molecule has 0 aliphatic heterocycles. The number of hydrogen-bond acceptors (Lipinski definition) is 5. The number of benzene rings is 1. The zero-order valence-electron chi connectivity index (χ0n) is 11.3. The Kier molecular flexibility index (Phi) is 3.57. The number of carboxylic acid groups (broad SMARTS) is 1. The van der Waals surface area contributed by atoms with Gasteiger partial charge in [-0.25, -0.2) is 0 Å². The van der Waals surface area contributed by atoms with E-state index in [1.807, 2.05) is 34.0 Å². The molecule has 3 rings (SSSR count). The molecule has 21 heavy (non-hydrogen) atoms. The Labute approximate surface area is 124 Å². The van der Waals surface area contributed by atoms with Crippen LogP contribution in [-0.4, -0.2) is 32.8 Å². The lowest BCUT2D eigenvalue weighted by Gasteiger charge is -2.08. The monoisotopic (exact) mass is 303 g/mol. The van der Waals surface area contributed by atoms with Gasteiger partial charge in [0.15, 0.2) is 0 Å². The molecule has 2 heterocycles. The lowest BCUT2D eigenvalue weighted by Crippen LogP contribution is -2.02. The minimum absolute atomic E-state index is 0.0298. The van der Waals surface area contributed by atoms with Gasteiger partial charge in [0.1, 0.15) is 11.6 Å². The van der Waals surface area contributed by atoms with E-state index < -0.39 is 5.97 Å². The molecular weight excluding hydrogens is 290 g/mol. The number of carboxylic acids is 1. The number of methoxy groups -OCH3 is 1. The van der Waals surface area contributed by atoms with Crippen molar-refractivity contribution >= 4 is 22.3 Å². The number of ether oxygens (including phenoxy) is 1. The SMILES string of the molecule is COc1ccccc1-c1csc2nnc(CCC(=O)O)n12. The van der Waals surface area contributed by atoms with Gasteiger partial charge in [0, 0.05) is 17.4 Å². The predicted molar refractivity (Wildman–Crippen MR) is 78.8 cm³/mol. The van der Waals surface area contributed by atoms with E-state index in [0.29, 0.717) is 12.2 Å². The van der Waals surface area contributed by atoms with Crippen molar-refractivity contribution in [2.75, 3.05) is 7.11 Å². The summed E-state index contributed by atoms with van der Waals surface area (Å²) >= 11 is 1.47. The first-order valence-corrected chi connectivity index (χ1v) is 7.25. The smallest absolute Gasteiger partial charge is 0.303 e. The molecule has 0 fully saturated rings. The Hall–Kier alpha value is -2.41. The van der Waals surface area contributed by atoms with E-state index in [2.05, 4.69) is 10.2 Å². The first kappa shape index (κ1) is 13.6. The van der Waals surface area contributed by atoms with Crippen LogP contribution in [0.5, 0.6) is 5.75 Å². The van der Waals surface area contributed by atoms with E-state index in [0.717, 1.165) is 22.0 Å². The van der Waals surface area contributed by atoms with Crippen LogP contribution in [0.2, 0.25) is 0 Å². The molecule has 3 aromatic rings. The molecule has 0 spiro atoms. The van der Waals surface area contributed by atoms with Crippen molar-refractivity contribution in [2.45, 2.75) is 12.8 Å². The Balaban J connectivity index is 2.10. The molecule has 1 N–H and O–H groups in total. The van der Waals surface area contributed by atoms with Crippen molar-refractivity contribution in [1.29, 1.82) is 0 Å². The van der Waals surface area contributed by atoms with Gasteiger partial charge in [-0.05, 0) is 12.1 Å². The van der Waals surface area contributed by atoms with Crippen LogP contribution in [0.3, 0.4) is 0 Å². The highest BCUT2D eigenvalue weighted by Gasteiger charge is 2.16. The second-order valence-corrected chi connectivity index (χ2v) is 5.29. The third-order valence-electron chi connectivity index (χ3n) is 3.16. The first-order chi connectivity index (χ1) is 10.2. The van der Waals surface area contributed by atoms with Gasteiger partial charge < -0.3 is 9.84 Å². The van der Waals surface area contributed by atoms with Crippen LogP contribution < -0.4 is 4.74 Å². The number of rotatable bonds is 5. The number of aryl methyl sites for hydroxylation is 1. The summed E-state index contributed by atoms with van der Waals surface area (Å²) in [5.41, 5.74) is 1.85. The molecule has 1 aromatic carbocycles. The van der Waals surface area contributed by atoms with Crippen LogP contribution in [0.1, 0.15) is 12.2 Å². The van der Waals surface area contributed by atoms with Crippen molar-refractivity contribution in [2.24, 2.45) is 0 Å².